The second-order valence-electron chi connectivity index (χ2n) is 6.79. The smallest absolute Gasteiger partial charge is 0.326 e. The number of rotatable bonds is 5. The molecule has 8 heteroatoms. The van der Waals surface area contributed by atoms with Crippen LogP contribution in [0.2, 0.25) is 0 Å². The minimum atomic E-state index is -0.962. The highest BCUT2D eigenvalue weighted by Crippen LogP contribution is 2.42. The Balaban J connectivity index is 1.76. The number of amides is 1. The van der Waals surface area contributed by atoms with Crippen molar-refractivity contribution in [2.75, 3.05) is 25.0 Å². The second kappa shape index (κ2) is 6.70. The number of carboxylic acid groups (broad SMARTS) is 1. The van der Waals surface area contributed by atoms with Crippen molar-refractivity contribution in [3.8, 4) is 0 Å². The molecule has 2 aliphatic rings. The van der Waals surface area contributed by atoms with E-state index >= 15 is 0 Å². The summed E-state index contributed by atoms with van der Waals surface area (Å²) in [4.78, 5) is 38.0. The average molecular weight is 347 g/mol. The van der Waals surface area contributed by atoms with Crippen LogP contribution in [0.3, 0.4) is 0 Å². The summed E-state index contributed by atoms with van der Waals surface area (Å²) in [5.41, 5.74) is 0.262. The summed E-state index contributed by atoms with van der Waals surface area (Å²) in [5, 5.41) is 20.7. The van der Waals surface area contributed by atoms with Crippen LogP contribution in [-0.4, -0.2) is 53.0 Å². The number of carbonyl (C=O) groups excluding carboxylic acids is 1. The molecule has 1 heterocycles. The van der Waals surface area contributed by atoms with Crippen molar-refractivity contribution in [3.63, 3.8) is 0 Å². The summed E-state index contributed by atoms with van der Waals surface area (Å²) in [6.45, 7) is 0.374. The fourth-order valence-corrected chi connectivity index (χ4v) is 4.20. The Labute approximate surface area is 145 Å². The van der Waals surface area contributed by atoms with Gasteiger partial charge in [0.1, 0.15) is 11.7 Å². The van der Waals surface area contributed by atoms with E-state index in [0.29, 0.717) is 12.2 Å². The molecule has 2 fully saturated rings. The number of carbonyl (C=O) groups is 2. The summed E-state index contributed by atoms with van der Waals surface area (Å²) in [6.07, 6.45) is 2.81. The lowest BCUT2D eigenvalue weighted by Gasteiger charge is -2.27. The molecule has 1 N–H and O–H groups in total. The highest BCUT2D eigenvalue weighted by Gasteiger charge is 2.49. The molecule has 1 aliphatic carbocycles. The highest BCUT2D eigenvalue weighted by molar-refractivity contribution is 5.88. The summed E-state index contributed by atoms with van der Waals surface area (Å²) >= 11 is 0. The molecule has 1 aliphatic heterocycles. The van der Waals surface area contributed by atoms with Crippen LogP contribution in [0.15, 0.2) is 24.3 Å². The number of carboxylic acids is 1. The Bertz CT molecular complexity index is 707. The van der Waals surface area contributed by atoms with Gasteiger partial charge in [-0.2, -0.15) is 0 Å². The molecule has 3 atom stereocenters. The van der Waals surface area contributed by atoms with Crippen molar-refractivity contribution in [1.82, 2.24) is 4.90 Å². The number of likely N-dealkylation sites (N-methyl/N-ethyl adjacent to an activating group) is 1. The molecule has 134 valence electrons. The molecule has 8 nitrogen and oxygen atoms in total. The minimum absolute atomic E-state index is 0.0258. The molecular weight excluding hydrogens is 326 g/mol. The Hall–Kier alpha value is -2.64. The van der Waals surface area contributed by atoms with Crippen LogP contribution in [0.25, 0.3) is 0 Å². The number of aliphatic carboxylic acids is 1. The summed E-state index contributed by atoms with van der Waals surface area (Å²) in [5.74, 6) is -0.988. The van der Waals surface area contributed by atoms with E-state index in [1.165, 1.54) is 15.9 Å². The van der Waals surface area contributed by atoms with E-state index in [2.05, 4.69) is 0 Å². The second-order valence-corrected chi connectivity index (χ2v) is 6.79. The molecule has 0 bridgehead atoms. The van der Waals surface area contributed by atoms with Crippen molar-refractivity contribution in [3.05, 3.63) is 34.4 Å². The van der Waals surface area contributed by atoms with Gasteiger partial charge in [0.2, 0.25) is 5.91 Å². The maximum absolute atomic E-state index is 12.7. The first-order chi connectivity index (χ1) is 11.9. The van der Waals surface area contributed by atoms with Gasteiger partial charge < -0.3 is 14.9 Å². The Morgan fingerprint density at radius 1 is 1.36 bits per heavy atom. The number of hydrogen-bond donors (Lipinski definition) is 1. The number of hydrogen-bond acceptors (Lipinski definition) is 5. The van der Waals surface area contributed by atoms with Gasteiger partial charge in [-0.05, 0) is 30.7 Å². The lowest BCUT2D eigenvalue weighted by molar-refractivity contribution is -0.384. The summed E-state index contributed by atoms with van der Waals surface area (Å²) in [7, 11) is 1.60. The third-order valence-electron chi connectivity index (χ3n) is 5.33. The first-order valence-corrected chi connectivity index (χ1v) is 8.37. The van der Waals surface area contributed by atoms with Crippen LogP contribution in [0.4, 0.5) is 11.4 Å². The largest absolute Gasteiger partial charge is 0.480 e. The number of nitro benzene ring substituents is 1. The first-order valence-electron chi connectivity index (χ1n) is 8.37. The van der Waals surface area contributed by atoms with Crippen LogP contribution in [0, 0.1) is 22.0 Å². The first kappa shape index (κ1) is 17.2. The predicted octanol–water partition coefficient (Wildman–Crippen LogP) is 1.74. The zero-order valence-corrected chi connectivity index (χ0v) is 14.0. The molecule has 1 saturated heterocycles. The van der Waals surface area contributed by atoms with Crippen LogP contribution in [0.5, 0.6) is 0 Å². The highest BCUT2D eigenvalue weighted by atomic mass is 16.6. The zero-order chi connectivity index (χ0) is 18.1. The van der Waals surface area contributed by atoms with Gasteiger partial charge in [-0.15, -0.1) is 0 Å². The summed E-state index contributed by atoms with van der Waals surface area (Å²) in [6, 6.07) is 5.43. The normalized spacial score (nSPS) is 24.8. The molecule has 0 spiro atoms. The molecular formula is C17H21N3O5. The van der Waals surface area contributed by atoms with Crippen LogP contribution >= 0.6 is 0 Å². The standard InChI is InChI=1S/C17H21N3O5/c1-18(13-7-2-3-8-14(13)20(24)25)10-15(21)19-9-11-5-4-6-12(11)16(19)17(22)23/h2-3,7-8,11-12,16H,4-6,9-10H2,1H3,(H,22,23). The maximum atomic E-state index is 12.7. The topological polar surface area (TPSA) is 104 Å². The number of benzene rings is 1. The van der Waals surface area contributed by atoms with E-state index in [9.17, 15) is 24.8 Å². The molecule has 25 heavy (non-hydrogen) atoms. The van der Waals surface area contributed by atoms with Crippen molar-refractivity contribution in [2.45, 2.75) is 25.3 Å². The molecule has 1 aromatic rings. The molecule has 3 rings (SSSR count). The summed E-state index contributed by atoms with van der Waals surface area (Å²) < 4.78 is 0. The minimum Gasteiger partial charge on any atom is -0.480 e. The molecule has 1 aromatic carbocycles. The molecule has 0 radical (unpaired) electrons. The molecule has 0 aromatic heterocycles. The van der Waals surface area contributed by atoms with Crippen molar-refractivity contribution >= 4 is 23.3 Å². The SMILES string of the molecule is CN(CC(=O)N1CC2CCCC2C1C(=O)O)c1ccccc1[N+](=O)[O-]. The van der Waals surface area contributed by atoms with Gasteiger partial charge in [0.15, 0.2) is 0 Å². The van der Waals surface area contributed by atoms with Crippen LogP contribution in [0.1, 0.15) is 19.3 Å². The number of anilines is 1. The molecule has 3 unspecified atom stereocenters. The monoisotopic (exact) mass is 347 g/mol. The van der Waals surface area contributed by atoms with Gasteiger partial charge in [0, 0.05) is 19.7 Å². The maximum Gasteiger partial charge on any atom is 0.326 e. The van der Waals surface area contributed by atoms with Crippen molar-refractivity contribution in [1.29, 1.82) is 0 Å². The van der Waals surface area contributed by atoms with Crippen LogP contribution in [-0.2, 0) is 9.59 Å². The van der Waals surface area contributed by atoms with E-state index in [-0.39, 0.29) is 30.0 Å². The van der Waals surface area contributed by atoms with Gasteiger partial charge in [-0.3, -0.25) is 14.9 Å². The van der Waals surface area contributed by atoms with E-state index < -0.39 is 16.9 Å². The molecule has 1 amide bonds. The predicted molar refractivity (Wildman–Crippen MR) is 90.3 cm³/mol. The van der Waals surface area contributed by atoms with Gasteiger partial charge in [-0.1, -0.05) is 18.6 Å². The lowest BCUT2D eigenvalue weighted by Crippen LogP contribution is -2.47. The van der Waals surface area contributed by atoms with Gasteiger partial charge in [-0.25, -0.2) is 4.79 Å². The van der Waals surface area contributed by atoms with Crippen LogP contribution < -0.4 is 4.90 Å². The number of para-hydroxylation sites is 2. The zero-order valence-electron chi connectivity index (χ0n) is 14.0. The number of likely N-dealkylation sites (tertiary alicyclic amines) is 1. The van der Waals surface area contributed by atoms with E-state index in [0.717, 1.165) is 19.3 Å². The fraction of sp³-hybridized carbons (Fsp3) is 0.529. The van der Waals surface area contributed by atoms with E-state index in [4.69, 9.17) is 0 Å². The number of nitrogens with zero attached hydrogens (tertiary/aromatic N) is 3. The van der Waals surface area contributed by atoms with E-state index in [1.807, 2.05) is 0 Å². The molecule has 1 saturated carbocycles. The average Bonchev–Trinajstić information content (AvgIpc) is 3.14. The van der Waals surface area contributed by atoms with Gasteiger partial charge >= 0.3 is 5.97 Å². The number of fused-ring (bicyclic) bond motifs is 1. The lowest BCUT2D eigenvalue weighted by atomic mass is 9.94. The third-order valence-corrected chi connectivity index (χ3v) is 5.33. The third kappa shape index (κ3) is 3.16. The van der Waals surface area contributed by atoms with E-state index in [1.54, 1.807) is 25.2 Å². The number of nitro groups is 1. The van der Waals surface area contributed by atoms with Crippen molar-refractivity contribution in [2.24, 2.45) is 11.8 Å². The van der Waals surface area contributed by atoms with Gasteiger partial charge in [0.25, 0.3) is 5.69 Å². The Kier molecular flexibility index (Phi) is 4.61. The van der Waals surface area contributed by atoms with Crippen molar-refractivity contribution < 1.29 is 19.6 Å². The Morgan fingerprint density at radius 3 is 2.76 bits per heavy atom. The fourth-order valence-electron chi connectivity index (χ4n) is 4.20. The van der Waals surface area contributed by atoms with Gasteiger partial charge in [0.05, 0.1) is 11.5 Å². The quantitative estimate of drug-likeness (QED) is 0.643. The Morgan fingerprint density at radius 2 is 2.08 bits per heavy atom.